The largest absolute Gasteiger partial charge is 0.492 e. The highest BCUT2D eigenvalue weighted by molar-refractivity contribution is 5.93. The van der Waals surface area contributed by atoms with Gasteiger partial charge in [0.1, 0.15) is 17.6 Å². The molecule has 0 radical (unpaired) electrons. The number of nitrogens with one attached hydrogen (secondary N) is 1. The number of fused-ring (bicyclic) bond motifs is 5. The molecule has 0 saturated carbocycles. The molecule has 4 rings (SSSR count). The number of hydrogen-bond acceptors (Lipinski definition) is 7. The molecule has 0 bridgehead atoms. The van der Waals surface area contributed by atoms with Gasteiger partial charge in [-0.15, -0.1) is 6.58 Å². The molecule has 1 N–H and O–H groups in total. The van der Waals surface area contributed by atoms with Gasteiger partial charge in [0.2, 0.25) is 0 Å². The van der Waals surface area contributed by atoms with Crippen LogP contribution in [0.3, 0.4) is 0 Å². The van der Waals surface area contributed by atoms with Crippen LogP contribution in [0.25, 0.3) is 16.7 Å². The molecule has 0 saturated heterocycles. The van der Waals surface area contributed by atoms with Gasteiger partial charge in [0.25, 0.3) is 0 Å². The Hall–Kier alpha value is -3.58. The van der Waals surface area contributed by atoms with Gasteiger partial charge in [-0.05, 0) is 64.2 Å². The highest BCUT2D eigenvalue weighted by atomic mass is 16.6. The number of allylic oxidation sites excluding steroid dienone is 1. The maximum Gasteiger partial charge on any atom is 0.311 e. The van der Waals surface area contributed by atoms with Crippen molar-refractivity contribution in [3.8, 4) is 28.4 Å². The first-order chi connectivity index (χ1) is 17.5. The average molecular weight is 505 g/mol. The number of Topliss-reactive ketones (excluding diaryl/α,β-unsaturated/α-hetero) is 1. The van der Waals surface area contributed by atoms with E-state index in [1.165, 1.54) is 5.57 Å². The van der Waals surface area contributed by atoms with E-state index in [2.05, 4.69) is 50.9 Å². The quantitative estimate of drug-likeness (QED) is 0.263. The molecule has 0 aliphatic carbocycles. The van der Waals surface area contributed by atoms with Crippen molar-refractivity contribution in [1.82, 2.24) is 4.90 Å². The number of rotatable bonds is 9. The van der Waals surface area contributed by atoms with Crippen molar-refractivity contribution < 1.29 is 23.8 Å². The molecule has 2 aromatic carbocycles. The highest BCUT2D eigenvalue weighted by Crippen LogP contribution is 2.54. The van der Waals surface area contributed by atoms with Crippen LogP contribution in [-0.4, -0.2) is 49.9 Å². The molecule has 1 atom stereocenters. The number of methoxy groups -OCH3 is 1. The third-order valence-electron chi connectivity index (χ3n) is 6.53. The third-order valence-corrected chi connectivity index (χ3v) is 6.53. The minimum atomic E-state index is -0.484. The average Bonchev–Trinajstić information content (AvgIpc) is 2.81. The lowest BCUT2D eigenvalue weighted by Crippen LogP contribution is -2.32. The van der Waals surface area contributed by atoms with Crippen LogP contribution >= 0.6 is 0 Å². The number of carbonyl (C=O) groups is 2. The second-order valence-corrected chi connectivity index (χ2v) is 10.5. The Morgan fingerprint density at radius 3 is 2.59 bits per heavy atom. The number of benzene rings is 2. The van der Waals surface area contributed by atoms with Gasteiger partial charge in [0.05, 0.1) is 31.2 Å². The van der Waals surface area contributed by atoms with Gasteiger partial charge in [-0.2, -0.15) is 0 Å². The van der Waals surface area contributed by atoms with Crippen LogP contribution in [0.2, 0.25) is 0 Å². The van der Waals surface area contributed by atoms with Crippen molar-refractivity contribution in [1.29, 1.82) is 0 Å². The van der Waals surface area contributed by atoms with Gasteiger partial charge in [-0.3, -0.25) is 9.59 Å². The molecule has 1 unspecified atom stereocenters. The van der Waals surface area contributed by atoms with Crippen LogP contribution in [0.4, 0.5) is 5.69 Å². The summed E-state index contributed by atoms with van der Waals surface area (Å²) in [6, 6.07) is 7.64. The summed E-state index contributed by atoms with van der Waals surface area (Å²) in [7, 11) is 5.19. The second kappa shape index (κ2) is 10.4. The van der Waals surface area contributed by atoms with Gasteiger partial charge in [-0.25, -0.2) is 0 Å². The minimum Gasteiger partial charge on any atom is -0.492 e. The smallest absolute Gasteiger partial charge is 0.311 e. The van der Waals surface area contributed by atoms with E-state index < -0.39 is 5.97 Å². The van der Waals surface area contributed by atoms with Crippen molar-refractivity contribution >= 4 is 23.0 Å². The number of ether oxygens (including phenoxy) is 3. The van der Waals surface area contributed by atoms with E-state index >= 15 is 0 Å². The molecule has 7 nitrogen and oxygen atoms in total. The van der Waals surface area contributed by atoms with Gasteiger partial charge < -0.3 is 24.4 Å². The summed E-state index contributed by atoms with van der Waals surface area (Å²) in [5.74, 6) is 0.881. The number of esters is 1. The lowest BCUT2D eigenvalue weighted by atomic mass is 9.81. The molecule has 2 aliphatic heterocycles. The van der Waals surface area contributed by atoms with E-state index in [1.807, 2.05) is 20.2 Å². The van der Waals surface area contributed by atoms with Crippen LogP contribution < -0.4 is 19.5 Å². The molecule has 0 fully saturated rings. The van der Waals surface area contributed by atoms with Crippen LogP contribution in [0, 0.1) is 0 Å². The fourth-order valence-electron chi connectivity index (χ4n) is 5.26. The zero-order chi connectivity index (χ0) is 26.9. The molecule has 2 aromatic rings. The first-order valence-electron chi connectivity index (χ1n) is 12.6. The summed E-state index contributed by atoms with van der Waals surface area (Å²) in [6.07, 6.45) is 4.63. The molecule has 2 heterocycles. The molecule has 0 aromatic heterocycles. The molecular formula is C30H36N2O5. The lowest BCUT2D eigenvalue weighted by molar-refractivity contribution is -0.136. The highest BCUT2D eigenvalue weighted by Gasteiger charge is 2.35. The van der Waals surface area contributed by atoms with Gasteiger partial charge in [-0.1, -0.05) is 18.2 Å². The Morgan fingerprint density at radius 2 is 1.92 bits per heavy atom. The number of nitrogens with zero attached hydrogens (tertiary/aromatic N) is 1. The van der Waals surface area contributed by atoms with Gasteiger partial charge in [0, 0.05) is 29.7 Å². The summed E-state index contributed by atoms with van der Waals surface area (Å²) < 4.78 is 18.0. The van der Waals surface area contributed by atoms with Crippen LogP contribution in [0.5, 0.6) is 17.2 Å². The Bertz CT molecular complexity index is 1280. The van der Waals surface area contributed by atoms with E-state index in [0.717, 1.165) is 27.9 Å². The fourth-order valence-corrected chi connectivity index (χ4v) is 5.26. The summed E-state index contributed by atoms with van der Waals surface area (Å²) in [5, 5.41) is 3.62. The Morgan fingerprint density at radius 1 is 1.16 bits per heavy atom. The van der Waals surface area contributed by atoms with E-state index in [1.54, 1.807) is 24.1 Å². The number of anilines is 1. The van der Waals surface area contributed by atoms with E-state index in [9.17, 15) is 9.59 Å². The van der Waals surface area contributed by atoms with Gasteiger partial charge >= 0.3 is 5.97 Å². The van der Waals surface area contributed by atoms with Crippen LogP contribution in [-0.2, 0) is 9.59 Å². The SMILES string of the molecule is C=CCC1Oc2ccc(OC(=O)CCC(=O)CN(C)C)c(OC)c2-c2ccc3c(c21)C(C)=CC(C)(C)N3. The Balaban J connectivity index is 1.74. The molecule has 2 aliphatic rings. The first kappa shape index (κ1) is 26.5. The van der Waals surface area contributed by atoms with Crippen molar-refractivity contribution in [2.45, 2.75) is 51.7 Å². The maximum absolute atomic E-state index is 12.6. The van der Waals surface area contributed by atoms with E-state index in [-0.39, 0.29) is 30.3 Å². The first-order valence-corrected chi connectivity index (χ1v) is 12.6. The van der Waals surface area contributed by atoms with E-state index in [0.29, 0.717) is 30.2 Å². The normalized spacial score (nSPS) is 16.8. The second-order valence-electron chi connectivity index (χ2n) is 10.5. The summed E-state index contributed by atoms with van der Waals surface area (Å²) in [6.45, 7) is 10.6. The Labute approximate surface area is 219 Å². The van der Waals surface area contributed by atoms with Crippen molar-refractivity contribution in [3.05, 3.63) is 54.1 Å². The summed E-state index contributed by atoms with van der Waals surface area (Å²) >= 11 is 0. The number of likely N-dealkylation sites (N-methyl/N-ethyl adjacent to an activating group) is 1. The summed E-state index contributed by atoms with van der Waals surface area (Å²) in [5.41, 5.74) is 5.93. The fraction of sp³-hybridized carbons (Fsp3) is 0.400. The number of carbonyl (C=O) groups excluding carboxylic acids is 2. The number of hydrogen-bond donors (Lipinski definition) is 1. The Kier molecular flexibility index (Phi) is 7.46. The van der Waals surface area contributed by atoms with Crippen molar-refractivity contribution in [3.63, 3.8) is 0 Å². The zero-order valence-electron chi connectivity index (χ0n) is 22.6. The summed E-state index contributed by atoms with van der Waals surface area (Å²) in [4.78, 5) is 26.4. The molecule has 196 valence electrons. The maximum atomic E-state index is 12.6. The molecule has 0 spiro atoms. The molecule has 37 heavy (non-hydrogen) atoms. The van der Waals surface area contributed by atoms with E-state index in [4.69, 9.17) is 14.2 Å². The standard InChI is InChI=1S/C30H36N2O5/c1-8-9-22-27-20(11-12-21-26(27)18(2)16-30(3,4)31-21)28-23(36-22)13-14-24(29(28)35-7)37-25(34)15-10-19(33)17-32(5)6/h8,11-14,16,22,31H,1,9-10,15,17H2,2-7H3. The molecule has 0 amide bonds. The third kappa shape index (κ3) is 5.42. The number of ketones is 1. The monoisotopic (exact) mass is 504 g/mol. The molecular weight excluding hydrogens is 468 g/mol. The van der Waals surface area contributed by atoms with Crippen LogP contribution in [0.15, 0.2) is 43.0 Å². The predicted octanol–water partition coefficient (Wildman–Crippen LogP) is 5.80. The van der Waals surface area contributed by atoms with Crippen molar-refractivity contribution in [2.24, 2.45) is 0 Å². The van der Waals surface area contributed by atoms with Gasteiger partial charge in [0.15, 0.2) is 11.5 Å². The zero-order valence-corrected chi connectivity index (χ0v) is 22.6. The van der Waals surface area contributed by atoms with Crippen LogP contribution in [0.1, 0.15) is 57.3 Å². The van der Waals surface area contributed by atoms with Crippen molar-refractivity contribution in [2.75, 3.05) is 33.1 Å². The predicted molar refractivity (Wildman–Crippen MR) is 146 cm³/mol. The molecule has 7 heteroatoms. The topological polar surface area (TPSA) is 77.1 Å². The minimum absolute atomic E-state index is 0.000358. The lowest BCUT2D eigenvalue weighted by Gasteiger charge is -2.37.